The number of amides is 1. The molecule has 0 spiro atoms. The largest absolute Gasteiger partial charge is 0.490 e. The lowest BCUT2D eigenvalue weighted by Gasteiger charge is -2.31. The topological polar surface area (TPSA) is 67.3 Å². The second-order valence-electron chi connectivity index (χ2n) is 7.50. The third kappa shape index (κ3) is 5.43. The van der Waals surface area contributed by atoms with Gasteiger partial charge in [-0.2, -0.15) is 0 Å². The van der Waals surface area contributed by atoms with Gasteiger partial charge in [-0.25, -0.2) is 4.98 Å². The number of benzene rings is 1. The minimum Gasteiger partial charge on any atom is -0.490 e. The minimum atomic E-state index is -0.107. The van der Waals surface area contributed by atoms with Crippen molar-refractivity contribution in [2.45, 2.75) is 38.5 Å². The van der Waals surface area contributed by atoms with E-state index in [2.05, 4.69) is 26.3 Å². The lowest BCUT2D eigenvalue weighted by atomic mass is 10.1. The number of thiazole rings is 1. The van der Waals surface area contributed by atoms with Gasteiger partial charge < -0.3 is 10.1 Å². The Balaban J connectivity index is 1.24. The Kier molecular flexibility index (Phi) is 6.71. The summed E-state index contributed by atoms with van der Waals surface area (Å²) in [5.41, 5.74) is 1.73. The molecule has 1 saturated heterocycles. The molecule has 6 nitrogen and oxygen atoms in total. The fourth-order valence-electron chi connectivity index (χ4n) is 3.57. The van der Waals surface area contributed by atoms with Crippen molar-refractivity contribution in [2.24, 2.45) is 0 Å². The normalized spacial score (nSPS) is 16.2. The molecule has 1 atom stereocenters. The quantitative estimate of drug-likeness (QED) is 0.622. The van der Waals surface area contributed by atoms with Crippen LogP contribution in [0.1, 0.15) is 46.9 Å². The minimum absolute atomic E-state index is 0.105. The Morgan fingerprint density at radius 2 is 1.97 bits per heavy atom. The highest BCUT2D eigenvalue weighted by molar-refractivity contribution is 7.09. The highest BCUT2D eigenvalue weighted by atomic mass is 32.1. The molecule has 1 aromatic carbocycles. The Morgan fingerprint density at radius 1 is 1.17 bits per heavy atom. The maximum absolute atomic E-state index is 12.5. The van der Waals surface area contributed by atoms with Gasteiger partial charge in [0.15, 0.2) is 0 Å². The highest BCUT2D eigenvalue weighted by Gasteiger charge is 2.21. The first-order chi connectivity index (χ1) is 14.7. The van der Waals surface area contributed by atoms with E-state index in [1.807, 2.05) is 54.9 Å². The van der Waals surface area contributed by atoms with E-state index in [1.54, 1.807) is 6.20 Å². The van der Waals surface area contributed by atoms with Gasteiger partial charge in [0.05, 0.1) is 11.7 Å². The molecule has 156 valence electrons. The van der Waals surface area contributed by atoms with E-state index < -0.39 is 0 Å². The zero-order valence-electron chi connectivity index (χ0n) is 17.0. The zero-order chi connectivity index (χ0) is 20.8. The summed E-state index contributed by atoms with van der Waals surface area (Å²) in [4.78, 5) is 23.5. The molecule has 0 aliphatic carbocycles. The fraction of sp³-hybridized carbons (Fsp3) is 0.348. The lowest BCUT2D eigenvalue weighted by molar-refractivity contribution is 0.0937. The number of hydrogen-bond donors (Lipinski definition) is 1. The number of aromatic nitrogens is 2. The van der Waals surface area contributed by atoms with Crippen molar-refractivity contribution < 1.29 is 9.53 Å². The number of carbonyl (C=O) groups is 1. The van der Waals surface area contributed by atoms with E-state index in [9.17, 15) is 4.79 Å². The van der Waals surface area contributed by atoms with Gasteiger partial charge in [-0.05, 0) is 56.2 Å². The molecule has 0 saturated carbocycles. The van der Waals surface area contributed by atoms with Crippen LogP contribution in [0.2, 0.25) is 0 Å². The molecule has 0 unspecified atom stereocenters. The zero-order valence-corrected chi connectivity index (χ0v) is 17.8. The molecular formula is C23H26N4O2S. The molecule has 4 rings (SSSR count). The van der Waals surface area contributed by atoms with Crippen LogP contribution in [0.25, 0.3) is 0 Å². The van der Waals surface area contributed by atoms with E-state index in [0.717, 1.165) is 48.9 Å². The number of piperidine rings is 1. The smallest absolute Gasteiger partial charge is 0.251 e. The standard InChI is InChI=1S/C23H26N4O2S/c1-17(23-25-12-15-30-23)26-22(28)18-5-7-20(8-6-18)29-21-9-13-27(14-10-21)16-19-4-2-3-11-24-19/h2-8,11-12,15,17,21H,9-10,13-14,16H2,1H3,(H,26,28)/t17-/m1/s1. The molecule has 2 aromatic heterocycles. The first-order valence-electron chi connectivity index (χ1n) is 10.3. The molecule has 0 radical (unpaired) electrons. The summed E-state index contributed by atoms with van der Waals surface area (Å²) in [6.07, 6.45) is 5.77. The van der Waals surface area contributed by atoms with Crippen LogP contribution in [-0.2, 0) is 6.54 Å². The number of likely N-dealkylation sites (tertiary alicyclic amines) is 1. The molecule has 1 N–H and O–H groups in total. The highest BCUT2D eigenvalue weighted by Crippen LogP contribution is 2.21. The van der Waals surface area contributed by atoms with Crippen LogP contribution in [0, 0.1) is 0 Å². The molecule has 1 aliphatic heterocycles. The van der Waals surface area contributed by atoms with Crippen LogP contribution in [0.15, 0.2) is 60.2 Å². The lowest BCUT2D eigenvalue weighted by Crippen LogP contribution is -2.37. The average molecular weight is 423 g/mol. The molecule has 3 aromatic rings. The first kappa shape index (κ1) is 20.5. The van der Waals surface area contributed by atoms with Crippen molar-refractivity contribution in [1.29, 1.82) is 0 Å². The van der Waals surface area contributed by atoms with Crippen LogP contribution in [0.3, 0.4) is 0 Å². The molecule has 3 heterocycles. The predicted molar refractivity (Wildman–Crippen MR) is 118 cm³/mol. The summed E-state index contributed by atoms with van der Waals surface area (Å²) in [7, 11) is 0. The van der Waals surface area contributed by atoms with Gasteiger partial charge in [0.2, 0.25) is 0 Å². The summed E-state index contributed by atoms with van der Waals surface area (Å²) >= 11 is 1.54. The van der Waals surface area contributed by atoms with Gasteiger partial charge >= 0.3 is 0 Å². The third-order valence-corrected chi connectivity index (χ3v) is 6.19. The van der Waals surface area contributed by atoms with Gasteiger partial charge in [0.1, 0.15) is 16.9 Å². The molecule has 7 heteroatoms. The van der Waals surface area contributed by atoms with Crippen molar-refractivity contribution in [3.05, 3.63) is 76.5 Å². The molecule has 1 amide bonds. The summed E-state index contributed by atoms with van der Waals surface area (Å²) in [5.74, 6) is 0.703. The summed E-state index contributed by atoms with van der Waals surface area (Å²) < 4.78 is 6.15. The molecule has 1 fully saturated rings. The van der Waals surface area contributed by atoms with Crippen molar-refractivity contribution in [3.63, 3.8) is 0 Å². The fourth-order valence-corrected chi connectivity index (χ4v) is 4.22. The third-order valence-electron chi connectivity index (χ3n) is 5.24. The number of ether oxygens (including phenoxy) is 1. The molecule has 0 bridgehead atoms. The van der Waals surface area contributed by atoms with Gasteiger partial charge in [-0.1, -0.05) is 6.07 Å². The maximum atomic E-state index is 12.5. The Morgan fingerprint density at radius 3 is 2.63 bits per heavy atom. The molecule has 30 heavy (non-hydrogen) atoms. The number of hydrogen-bond acceptors (Lipinski definition) is 6. The summed E-state index contributed by atoms with van der Waals surface area (Å²) in [5, 5.41) is 5.79. The van der Waals surface area contributed by atoms with Gasteiger partial charge in [0.25, 0.3) is 5.91 Å². The van der Waals surface area contributed by atoms with Gasteiger partial charge in [-0.3, -0.25) is 14.7 Å². The number of pyridine rings is 1. The van der Waals surface area contributed by atoms with Crippen molar-refractivity contribution >= 4 is 17.2 Å². The Labute approximate surface area is 180 Å². The van der Waals surface area contributed by atoms with E-state index in [-0.39, 0.29) is 18.1 Å². The van der Waals surface area contributed by atoms with Gasteiger partial charge in [-0.15, -0.1) is 11.3 Å². The number of nitrogens with one attached hydrogen (secondary N) is 1. The van der Waals surface area contributed by atoms with Crippen LogP contribution in [-0.4, -0.2) is 40.0 Å². The summed E-state index contributed by atoms with van der Waals surface area (Å²) in [6.45, 7) is 4.82. The van der Waals surface area contributed by atoms with Gasteiger partial charge in [0, 0.05) is 43.0 Å². The van der Waals surface area contributed by atoms with E-state index in [4.69, 9.17) is 4.74 Å². The second-order valence-corrected chi connectivity index (χ2v) is 8.43. The number of rotatable bonds is 7. The van der Waals surface area contributed by atoms with Crippen LogP contribution in [0.5, 0.6) is 5.75 Å². The Hall–Kier alpha value is -2.77. The maximum Gasteiger partial charge on any atom is 0.251 e. The van der Waals surface area contributed by atoms with Crippen molar-refractivity contribution in [1.82, 2.24) is 20.2 Å². The van der Waals surface area contributed by atoms with E-state index >= 15 is 0 Å². The summed E-state index contributed by atoms with van der Waals surface area (Å²) in [6, 6.07) is 13.3. The van der Waals surface area contributed by atoms with Crippen LogP contribution in [0.4, 0.5) is 0 Å². The van der Waals surface area contributed by atoms with E-state index in [1.165, 1.54) is 11.3 Å². The molecule has 1 aliphatic rings. The Bertz CT molecular complexity index is 924. The molecular weight excluding hydrogens is 396 g/mol. The van der Waals surface area contributed by atoms with Crippen LogP contribution < -0.4 is 10.1 Å². The predicted octanol–water partition coefficient (Wildman–Crippen LogP) is 4.07. The second kappa shape index (κ2) is 9.82. The number of nitrogens with zero attached hydrogens (tertiary/aromatic N) is 3. The van der Waals surface area contributed by atoms with Crippen molar-refractivity contribution in [2.75, 3.05) is 13.1 Å². The van der Waals surface area contributed by atoms with E-state index in [0.29, 0.717) is 5.56 Å². The average Bonchev–Trinajstić information content (AvgIpc) is 3.32. The first-order valence-corrected chi connectivity index (χ1v) is 11.1. The van der Waals surface area contributed by atoms with Crippen molar-refractivity contribution in [3.8, 4) is 5.75 Å². The van der Waals surface area contributed by atoms with Crippen LogP contribution >= 0.6 is 11.3 Å². The monoisotopic (exact) mass is 422 g/mol. The number of carbonyl (C=O) groups excluding carboxylic acids is 1. The SMILES string of the molecule is C[C@@H](NC(=O)c1ccc(OC2CCN(Cc3ccccn3)CC2)cc1)c1nccs1.